The number of hydrogen-bond acceptors (Lipinski definition) is 2. The van der Waals surface area contributed by atoms with Crippen LogP contribution in [0.3, 0.4) is 0 Å². The highest BCUT2D eigenvalue weighted by atomic mass is 19.2. The van der Waals surface area contributed by atoms with Gasteiger partial charge in [-0.2, -0.15) is 0 Å². The average Bonchev–Trinajstić information content (AvgIpc) is 2.51. The molecule has 1 heterocycles. The lowest BCUT2D eigenvalue weighted by atomic mass is 9.96. The molecule has 21 heavy (non-hydrogen) atoms. The molecular weight excluding hydrogens is 277 g/mol. The third-order valence-corrected chi connectivity index (χ3v) is 3.38. The van der Waals surface area contributed by atoms with E-state index in [1.165, 1.54) is 0 Å². The smallest absolute Gasteiger partial charge is 0.194 e. The van der Waals surface area contributed by atoms with E-state index in [-0.39, 0.29) is 5.56 Å². The second-order valence-electron chi connectivity index (χ2n) is 4.69. The van der Waals surface area contributed by atoms with Crippen LogP contribution in [0.5, 0.6) is 0 Å². The summed E-state index contributed by atoms with van der Waals surface area (Å²) in [5, 5.41) is 0.789. The first-order valence-corrected chi connectivity index (χ1v) is 6.31. The molecule has 0 amide bonds. The predicted octanol–water partition coefficient (Wildman–Crippen LogP) is 3.70. The van der Waals surface area contributed by atoms with Crippen LogP contribution in [-0.4, -0.2) is 4.98 Å². The summed E-state index contributed by atoms with van der Waals surface area (Å²) in [7, 11) is 0. The Hall–Kier alpha value is -2.40. The molecule has 0 fully saturated rings. The van der Waals surface area contributed by atoms with Crippen LogP contribution in [-0.2, 0) is 0 Å². The predicted molar refractivity (Wildman–Crippen MR) is 74.1 cm³/mol. The second kappa shape index (κ2) is 5.18. The van der Waals surface area contributed by atoms with Crippen molar-refractivity contribution in [3.63, 3.8) is 0 Å². The van der Waals surface area contributed by atoms with Gasteiger partial charge in [-0.05, 0) is 35.4 Å². The van der Waals surface area contributed by atoms with Crippen molar-refractivity contribution < 1.29 is 13.2 Å². The fourth-order valence-electron chi connectivity index (χ4n) is 2.33. The van der Waals surface area contributed by atoms with E-state index in [0.29, 0.717) is 5.56 Å². The minimum absolute atomic E-state index is 0.169. The first kappa shape index (κ1) is 13.6. The van der Waals surface area contributed by atoms with E-state index in [0.717, 1.165) is 23.0 Å². The molecule has 0 spiro atoms. The highest BCUT2D eigenvalue weighted by Gasteiger charge is 2.17. The van der Waals surface area contributed by atoms with Crippen LogP contribution in [0.4, 0.5) is 13.2 Å². The fourth-order valence-corrected chi connectivity index (χ4v) is 2.33. The van der Waals surface area contributed by atoms with Crippen molar-refractivity contribution >= 4 is 10.9 Å². The van der Waals surface area contributed by atoms with Gasteiger partial charge in [0.1, 0.15) is 0 Å². The number of benzene rings is 2. The fraction of sp³-hybridized carbons (Fsp3) is 0.0625. The lowest BCUT2D eigenvalue weighted by molar-refractivity contribution is 0.444. The number of fused-ring (bicyclic) bond motifs is 1. The molecule has 0 aliphatic rings. The number of pyridine rings is 1. The maximum Gasteiger partial charge on any atom is 0.194 e. The van der Waals surface area contributed by atoms with Gasteiger partial charge in [0, 0.05) is 11.6 Å². The van der Waals surface area contributed by atoms with Crippen molar-refractivity contribution in [2.45, 2.75) is 6.04 Å². The Kier molecular flexibility index (Phi) is 3.35. The molecule has 0 aliphatic carbocycles. The Morgan fingerprint density at radius 2 is 1.67 bits per heavy atom. The summed E-state index contributed by atoms with van der Waals surface area (Å²) < 4.78 is 39.7. The number of halogens is 3. The Morgan fingerprint density at radius 3 is 2.38 bits per heavy atom. The molecule has 1 atom stereocenters. The minimum atomic E-state index is -1.49. The van der Waals surface area contributed by atoms with Gasteiger partial charge in [0.25, 0.3) is 0 Å². The van der Waals surface area contributed by atoms with Gasteiger partial charge in [-0.15, -0.1) is 0 Å². The van der Waals surface area contributed by atoms with Gasteiger partial charge < -0.3 is 5.73 Å². The summed E-state index contributed by atoms with van der Waals surface area (Å²) in [4.78, 5) is 4.20. The van der Waals surface area contributed by atoms with Crippen LogP contribution in [0.2, 0.25) is 0 Å². The zero-order valence-electron chi connectivity index (χ0n) is 10.9. The topological polar surface area (TPSA) is 38.9 Å². The average molecular weight is 288 g/mol. The largest absolute Gasteiger partial charge is 0.320 e. The molecule has 2 N–H and O–H groups in total. The van der Waals surface area contributed by atoms with Crippen molar-refractivity contribution in [2.24, 2.45) is 5.73 Å². The van der Waals surface area contributed by atoms with Crippen molar-refractivity contribution in [3.8, 4) is 0 Å². The van der Waals surface area contributed by atoms with E-state index in [2.05, 4.69) is 4.98 Å². The molecule has 3 aromatic rings. The zero-order valence-corrected chi connectivity index (χ0v) is 10.9. The second-order valence-corrected chi connectivity index (χ2v) is 4.69. The van der Waals surface area contributed by atoms with Gasteiger partial charge in [-0.25, -0.2) is 13.2 Å². The van der Waals surface area contributed by atoms with Crippen LogP contribution in [0.25, 0.3) is 10.9 Å². The molecule has 0 saturated carbocycles. The van der Waals surface area contributed by atoms with Gasteiger partial charge in [0.2, 0.25) is 0 Å². The monoisotopic (exact) mass is 288 g/mol. The minimum Gasteiger partial charge on any atom is -0.320 e. The Labute approximate surface area is 119 Å². The van der Waals surface area contributed by atoms with E-state index in [1.807, 2.05) is 12.1 Å². The highest BCUT2D eigenvalue weighted by molar-refractivity contribution is 5.82. The van der Waals surface area contributed by atoms with Crippen LogP contribution in [0, 0.1) is 17.5 Å². The summed E-state index contributed by atoms with van der Waals surface area (Å²) in [6.07, 6.45) is 1.65. The molecule has 1 unspecified atom stereocenters. The summed E-state index contributed by atoms with van der Waals surface area (Å²) in [5.41, 5.74) is 7.66. The summed E-state index contributed by atoms with van der Waals surface area (Å²) in [5.74, 6) is -4.00. The zero-order chi connectivity index (χ0) is 15.0. The van der Waals surface area contributed by atoms with E-state index < -0.39 is 23.5 Å². The van der Waals surface area contributed by atoms with Crippen molar-refractivity contribution in [3.05, 3.63) is 77.2 Å². The maximum atomic E-state index is 13.3. The quantitative estimate of drug-likeness (QED) is 0.730. The van der Waals surface area contributed by atoms with E-state index >= 15 is 0 Å². The molecule has 106 valence electrons. The van der Waals surface area contributed by atoms with Gasteiger partial charge in [0.15, 0.2) is 17.5 Å². The highest BCUT2D eigenvalue weighted by Crippen LogP contribution is 2.28. The van der Waals surface area contributed by atoms with Crippen LogP contribution >= 0.6 is 0 Å². The normalized spacial score (nSPS) is 12.6. The van der Waals surface area contributed by atoms with Crippen molar-refractivity contribution in [2.75, 3.05) is 0 Å². The lowest BCUT2D eigenvalue weighted by Gasteiger charge is -2.15. The van der Waals surface area contributed by atoms with Crippen molar-refractivity contribution in [1.82, 2.24) is 4.98 Å². The van der Waals surface area contributed by atoms with Gasteiger partial charge in [0.05, 0.1) is 11.6 Å². The van der Waals surface area contributed by atoms with Crippen molar-refractivity contribution in [1.29, 1.82) is 0 Å². The van der Waals surface area contributed by atoms with Gasteiger partial charge in [-0.3, -0.25) is 4.98 Å². The third-order valence-electron chi connectivity index (χ3n) is 3.38. The van der Waals surface area contributed by atoms with Gasteiger partial charge >= 0.3 is 0 Å². The van der Waals surface area contributed by atoms with E-state index in [1.54, 1.807) is 24.4 Å². The molecule has 0 radical (unpaired) electrons. The van der Waals surface area contributed by atoms with Gasteiger partial charge in [-0.1, -0.05) is 18.2 Å². The number of hydrogen-bond donors (Lipinski definition) is 1. The number of nitrogens with zero attached hydrogens (tertiary/aromatic N) is 1. The number of rotatable bonds is 2. The molecule has 0 saturated heterocycles. The van der Waals surface area contributed by atoms with Crippen LogP contribution < -0.4 is 5.73 Å². The molecule has 3 rings (SSSR count). The summed E-state index contributed by atoms with van der Waals surface area (Å²) in [6.45, 7) is 0. The SMILES string of the molecule is NC(c1cc(F)c(F)c(F)c1)c1cccc2ncccc12. The lowest BCUT2D eigenvalue weighted by Crippen LogP contribution is -2.13. The molecule has 0 bridgehead atoms. The molecule has 5 heteroatoms. The maximum absolute atomic E-state index is 13.3. The Morgan fingerprint density at radius 1 is 0.952 bits per heavy atom. The van der Waals surface area contributed by atoms with E-state index in [4.69, 9.17) is 5.73 Å². The Balaban J connectivity index is 2.15. The molecule has 2 aromatic carbocycles. The number of nitrogens with two attached hydrogens (primary N) is 1. The van der Waals surface area contributed by atoms with Crippen LogP contribution in [0.15, 0.2) is 48.7 Å². The summed E-state index contributed by atoms with van der Waals surface area (Å²) >= 11 is 0. The third kappa shape index (κ3) is 2.36. The molecule has 0 aliphatic heterocycles. The molecule has 1 aromatic heterocycles. The summed E-state index contributed by atoms with van der Waals surface area (Å²) in [6, 6.07) is 9.98. The first-order chi connectivity index (χ1) is 10.1. The Bertz CT molecular complexity index is 789. The molecule has 2 nitrogen and oxygen atoms in total. The first-order valence-electron chi connectivity index (χ1n) is 6.31. The van der Waals surface area contributed by atoms with Crippen LogP contribution in [0.1, 0.15) is 17.2 Å². The number of aromatic nitrogens is 1. The molecular formula is C16H11F3N2. The standard InChI is InChI=1S/C16H11F3N2/c17-12-7-9(8-13(18)15(12)19)16(20)11-3-1-5-14-10(11)4-2-6-21-14/h1-8,16H,20H2. The van der Waals surface area contributed by atoms with E-state index in [9.17, 15) is 13.2 Å².